The van der Waals surface area contributed by atoms with Gasteiger partial charge in [-0.25, -0.2) is 0 Å². The molecule has 2 N–H and O–H groups in total. The number of piperazine rings is 1. The van der Waals surface area contributed by atoms with Crippen molar-refractivity contribution in [1.29, 1.82) is 5.26 Å². The van der Waals surface area contributed by atoms with Crippen molar-refractivity contribution < 1.29 is 4.74 Å². The molecule has 0 aromatic carbocycles. The van der Waals surface area contributed by atoms with Crippen LogP contribution in [0.3, 0.4) is 0 Å². The number of aromatic nitrogens is 1. The Morgan fingerprint density at radius 1 is 1.35 bits per heavy atom. The normalized spacial score (nSPS) is 16.4. The molecule has 2 rings (SSSR count). The van der Waals surface area contributed by atoms with E-state index in [-0.39, 0.29) is 0 Å². The third-order valence-electron chi connectivity index (χ3n) is 3.85. The molecule has 1 fully saturated rings. The van der Waals surface area contributed by atoms with Gasteiger partial charge in [0.05, 0.1) is 12.3 Å². The zero-order chi connectivity index (χ0) is 14.5. The van der Waals surface area contributed by atoms with Crippen LogP contribution in [0.5, 0.6) is 0 Å². The van der Waals surface area contributed by atoms with Crippen LogP contribution in [0.25, 0.3) is 0 Å². The maximum absolute atomic E-state index is 9.24. The number of nitriles is 1. The van der Waals surface area contributed by atoms with Crippen molar-refractivity contribution in [3.05, 3.63) is 11.8 Å². The summed E-state index contributed by atoms with van der Waals surface area (Å²) in [6, 6.07) is 3.98. The molecule has 1 aliphatic heterocycles. The average molecular weight is 277 g/mol. The summed E-state index contributed by atoms with van der Waals surface area (Å²) in [5.74, 6) is 0.967. The van der Waals surface area contributed by atoms with Crippen molar-refractivity contribution in [3.8, 4) is 6.07 Å². The number of nitrogen functional groups attached to an aromatic ring is 1. The van der Waals surface area contributed by atoms with Crippen LogP contribution in [0.1, 0.15) is 12.6 Å². The Morgan fingerprint density at radius 3 is 2.60 bits per heavy atom. The first-order valence-corrected chi connectivity index (χ1v) is 7.06. The minimum atomic E-state index is 0.574. The van der Waals surface area contributed by atoms with Crippen LogP contribution >= 0.6 is 0 Å². The summed E-state index contributed by atoms with van der Waals surface area (Å²) in [6.07, 6.45) is 0. The maximum Gasteiger partial charge on any atom is 0.133 e. The number of rotatable bonds is 5. The summed E-state index contributed by atoms with van der Waals surface area (Å²) in [7, 11) is 1.67. The number of methoxy groups -OCH3 is 1. The summed E-state index contributed by atoms with van der Waals surface area (Å²) >= 11 is 0. The SMILES string of the molecule is CCN1CCN(c2c(N)cc(C#N)n2CCOC)CC1. The van der Waals surface area contributed by atoms with E-state index < -0.39 is 0 Å². The summed E-state index contributed by atoms with van der Waals surface area (Å²) in [4.78, 5) is 4.69. The molecule has 2 heterocycles. The molecule has 0 bridgehead atoms. The van der Waals surface area contributed by atoms with Gasteiger partial charge in [0.15, 0.2) is 0 Å². The maximum atomic E-state index is 9.24. The molecule has 110 valence electrons. The van der Waals surface area contributed by atoms with Gasteiger partial charge in [-0.05, 0) is 12.6 Å². The smallest absolute Gasteiger partial charge is 0.133 e. The van der Waals surface area contributed by atoms with E-state index in [1.54, 1.807) is 13.2 Å². The molecule has 1 aromatic heterocycles. The number of anilines is 2. The molecule has 1 aliphatic rings. The molecule has 0 aliphatic carbocycles. The van der Waals surface area contributed by atoms with E-state index in [1.807, 2.05) is 4.57 Å². The van der Waals surface area contributed by atoms with Gasteiger partial charge in [0, 0.05) is 39.8 Å². The second kappa shape index (κ2) is 6.64. The predicted octanol–water partition coefficient (Wildman–Crippen LogP) is 0.730. The van der Waals surface area contributed by atoms with Gasteiger partial charge in [0.2, 0.25) is 0 Å². The number of nitrogens with zero attached hydrogens (tertiary/aromatic N) is 4. The van der Waals surface area contributed by atoms with Crippen LogP contribution < -0.4 is 10.6 Å². The topological polar surface area (TPSA) is 70.5 Å². The zero-order valence-electron chi connectivity index (χ0n) is 12.3. The highest BCUT2D eigenvalue weighted by Gasteiger charge is 2.22. The Labute approximate surface area is 120 Å². The van der Waals surface area contributed by atoms with Crippen molar-refractivity contribution in [2.75, 3.05) is 57.1 Å². The van der Waals surface area contributed by atoms with Gasteiger partial charge < -0.3 is 24.8 Å². The fourth-order valence-corrected chi connectivity index (χ4v) is 2.69. The lowest BCUT2D eigenvalue weighted by molar-refractivity contribution is 0.187. The van der Waals surface area contributed by atoms with Gasteiger partial charge in [0.25, 0.3) is 0 Å². The summed E-state index contributed by atoms with van der Waals surface area (Å²) in [5.41, 5.74) is 7.41. The van der Waals surface area contributed by atoms with Crippen LogP contribution in [0.2, 0.25) is 0 Å². The van der Waals surface area contributed by atoms with Crippen LogP contribution in [0.15, 0.2) is 6.07 Å². The van der Waals surface area contributed by atoms with Crippen LogP contribution in [-0.2, 0) is 11.3 Å². The Hall–Kier alpha value is -1.71. The van der Waals surface area contributed by atoms with E-state index in [4.69, 9.17) is 10.5 Å². The lowest BCUT2D eigenvalue weighted by Gasteiger charge is -2.36. The van der Waals surface area contributed by atoms with Crippen molar-refractivity contribution in [2.24, 2.45) is 0 Å². The van der Waals surface area contributed by atoms with Crippen LogP contribution in [-0.4, -0.2) is 55.9 Å². The molecule has 0 atom stereocenters. The van der Waals surface area contributed by atoms with Gasteiger partial charge in [-0.3, -0.25) is 0 Å². The van der Waals surface area contributed by atoms with Gasteiger partial charge in [-0.15, -0.1) is 0 Å². The standard InChI is InChI=1S/C14H23N5O/c1-3-17-4-6-18(7-5-17)14-13(16)10-12(11-15)19(14)8-9-20-2/h10H,3-9,16H2,1-2H3. The molecule has 0 saturated carbocycles. The molecule has 1 aromatic rings. The van der Waals surface area contributed by atoms with E-state index in [9.17, 15) is 5.26 Å². The molecule has 6 heteroatoms. The van der Waals surface area contributed by atoms with Crippen molar-refractivity contribution in [2.45, 2.75) is 13.5 Å². The van der Waals surface area contributed by atoms with Gasteiger partial charge in [-0.2, -0.15) is 5.26 Å². The molecule has 0 amide bonds. The second-order valence-corrected chi connectivity index (χ2v) is 4.99. The minimum Gasteiger partial charge on any atom is -0.396 e. The second-order valence-electron chi connectivity index (χ2n) is 4.99. The third-order valence-corrected chi connectivity index (χ3v) is 3.85. The highest BCUT2D eigenvalue weighted by molar-refractivity contribution is 5.68. The first-order chi connectivity index (χ1) is 9.71. The average Bonchev–Trinajstić information content (AvgIpc) is 2.81. The highest BCUT2D eigenvalue weighted by atomic mass is 16.5. The molecule has 6 nitrogen and oxygen atoms in total. The molecule has 0 spiro atoms. The first-order valence-electron chi connectivity index (χ1n) is 7.06. The number of nitrogens with two attached hydrogens (primary N) is 1. The van der Waals surface area contributed by atoms with Gasteiger partial charge in [0.1, 0.15) is 17.6 Å². The van der Waals surface area contributed by atoms with Crippen molar-refractivity contribution >= 4 is 11.5 Å². The number of hydrogen-bond acceptors (Lipinski definition) is 5. The monoisotopic (exact) mass is 277 g/mol. The largest absolute Gasteiger partial charge is 0.396 e. The lowest BCUT2D eigenvalue weighted by Crippen LogP contribution is -2.47. The number of ether oxygens (including phenoxy) is 1. The van der Waals surface area contributed by atoms with E-state index in [0.29, 0.717) is 24.5 Å². The fraction of sp³-hybridized carbons (Fsp3) is 0.643. The van der Waals surface area contributed by atoms with Crippen LogP contribution in [0, 0.1) is 11.3 Å². The molecule has 1 saturated heterocycles. The van der Waals surface area contributed by atoms with Crippen molar-refractivity contribution in [1.82, 2.24) is 9.47 Å². The van der Waals surface area contributed by atoms with E-state index >= 15 is 0 Å². The Kier molecular flexibility index (Phi) is 4.88. The molecule has 20 heavy (non-hydrogen) atoms. The fourth-order valence-electron chi connectivity index (χ4n) is 2.69. The van der Waals surface area contributed by atoms with E-state index in [1.165, 1.54) is 0 Å². The third kappa shape index (κ3) is 2.89. The first kappa shape index (κ1) is 14.7. The zero-order valence-corrected chi connectivity index (χ0v) is 12.3. The summed E-state index contributed by atoms with van der Waals surface area (Å²) in [6.45, 7) is 8.45. The number of likely N-dealkylation sites (N-methyl/N-ethyl adjacent to an activating group) is 1. The lowest BCUT2D eigenvalue weighted by atomic mass is 10.3. The van der Waals surface area contributed by atoms with Crippen molar-refractivity contribution in [3.63, 3.8) is 0 Å². The van der Waals surface area contributed by atoms with Gasteiger partial charge in [-0.1, -0.05) is 6.92 Å². The van der Waals surface area contributed by atoms with Gasteiger partial charge >= 0.3 is 0 Å². The Balaban J connectivity index is 2.22. The molecule has 0 unspecified atom stereocenters. The molecular weight excluding hydrogens is 254 g/mol. The molecule has 0 radical (unpaired) electrons. The van der Waals surface area contributed by atoms with E-state index in [0.717, 1.165) is 38.5 Å². The Bertz CT molecular complexity index is 482. The highest BCUT2D eigenvalue weighted by Crippen LogP contribution is 2.28. The number of hydrogen-bond donors (Lipinski definition) is 1. The van der Waals surface area contributed by atoms with E-state index in [2.05, 4.69) is 22.8 Å². The van der Waals surface area contributed by atoms with Crippen LogP contribution in [0.4, 0.5) is 11.5 Å². The summed E-state index contributed by atoms with van der Waals surface area (Å²) < 4.78 is 7.11. The quantitative estimate of drug-likeness (QED) is 0.859. The minimum absolute atomic E-state index is 0.574. The predicted molar refractivity (Wildman–Crippen MR) is 79.8 cm³/mol. The summed E-state index contributed by atoms with van der Waals surface area (Å²) in [5, 5.41) is 9.24. The molecular formula is C14H23N5O. The Morgan fingerprint density at radius 2 is 2.05 bits per heavy atom.